The normalized spacial score (nSPS) is 47.4. The second kappa shape index (κ2) is 10.2. The summed E-state index contributed by atoms with van der Waals surface area (Å²) >= 11 is 0. The summed E-state index contributed by atoms with van der Waals surface area (Å²) in [5.74, 6) is 1.06. The number of hydrogen-bond donors (Lipinski definition) is 3. The first-order valence-corrected chi connectivity index (χ1v) is 17.0. The lowest BCUT2D eigenvalue weighted by Crippen LogP contribution is -2.73. The maximum atomic E-state index is 14.0. The second-order valence-electron chi connectivity index (χ2n) is 17.2. The van der Waals surface area contributed by atoms with Crippen LogP contribution in [-0.2, 0) is 4.74 Å². The van der Waals surface area contributed by atoms with Crippen molar-refractivity contribution in [2.45, 2.75) is 118 Å². The molecule has 0 spiro atoms. The number of benzene rings is 1. The summed E-state index contributed by atoms with van der Waals surface area (Å²) in [6, 6.07) is 4.65. The minimum atomic E-state index is -0.439. The van der Waals surface area contributed by atoms with Crippen molar-refractivity contribution in [3.63, 3.8) is 0 Å². The molecule has 1 aromatic carbocycles. The fourth-order valence-electron chi connectivity index (χ4n) is 12.8. The molecule has 44 heavy (non-hydrogen) atoms. The SMILES string of the molecule is C=C(C)C1CC[C@]2(C)C[C@@H](O)[C@]3(C)C(CC(OC(=O)c4ccc(O)c(OC)c4)C4[C@@]5(C)CC[C@H](O)C(C)(C)C5CC[C@]43C)C12. The quantitative estimate of drug-likeness (QED) is 0.241. The van der Waals surface area contributed by atoms with Crippen LogP contribution in [0, 0.1) is 56.7 Å². The molecule has 5 aliphatic rings. The molecule has 0 radical (unpaired) electrons. The number of aliphatic hydroxyl groups is 2. The number of phenolic OH excluding ortho intramolecular Hbond substituents is 1. The van der Waals surface area contributed by atoms with Gasteiger partial charge in [0.1, 0.15) is 6.10 Å². The van der Waals surface area contributed by atoms with E-state index in [9.17, 15) is 20.1 Å². The summed E-state index contributed by atoms with van der Waals surface area (Å²) in [7, 11) is 1.48. The minimum Gasteiger partial charge on any atom is -0.504 e. The van der Waals surface area contributed by atoms with Gasteiger partial charge in [0.05, 0.1) is 24.9 Å². The molecular weight excluding hydrogens is 552 g/mol. The molecule has 0 aromatic heterocycles. The zero-order valence-corrected chi connectivity index (χ0v) is 28.3. The van der Waals surface area contributed by atoms with E-state index in [4.69, 9.17) is 9.47 Å². The van der Waals surface area contributed by atoms with Crippen LogP contribution >= 0.6 is 0 Å². The number of allylic oxidation sites excluding steroid dienone is 1. The first-order chi connectivity index (χ1) is 20.5. The van der Waals surface area contributed by atoms with Gasteiger partial charge in [-0.05, 0) is 122 Å². The Morgan fingerprint density at radius 1 is 0.977 bits per heavy atom. The van der Waals surface area contributed by atoms with E-state index in [-0.39, 0.29) is 68.5 Å². The molecule has 12 atom stereocenters. The number of aliphatic hydroxyl groups excluding tert-OH is 2. The van der Waals surface area contributed by atoms with Crippen LogP contribution in [0.15, 0.2) is 30.4 Å². The van der Waals surface area contributed by atoms with Crippen molar-refractivity contribution < 1.29 is 29.6 Å². The number of carbonyl (C=O) groups is 1. The topological polar surface area (TPSA) is 96.2 Å². The van der Waals surface area contributed by atoms with E-state index in [1.165, 1.54) is 18.7 Å². The number of rotatable bonds is 4. The average Bonchev–Trinajstić information content (AvgIpc) is 3.29. The third-order valence-corrected chi connectivity index (χ3v) is 15.1. The molecule has 244 valence electrons. The molecule has 0 aliphatic heterocycles. The molecule has 3 N–H and O–H groups in total. The smallest absolute Gasteiger partial charge is 0.338 e. The van der Waals surface area contributed by atoms with Crippen LogP contribution in [0.3, 0.4) is 0 Å². The Hall–Kier alpha value is -2.05. The van der Waals surface area contributed by atoms with Crippen LogP contribution in [0.25, 0.3) is 0 Å². The Bertz CT molecular complexity index is 1340. The van der Waals surface area contributed by atoms with E-state index in [0.717, 1.165) is 44.9 Å². The average molecular weight is 609 g/mol. The molecule has 6 heteroatoms. The number of phenols is 1. The monoisotopic (exact) mass is 608 g/mol. The summed E-state index contributed by atoms with van der Waals surface area (Å²) < 4.78 is 12.0. The van der Waals surface area contributed by atoms with Gasteiger partial charge < -0.3 is 24.8 Å². The maximum Gasteiger partial charge on any atom is 0.338 e. The van der Waals surface area contributed by atoms with Crippen molar-refractivity contribution >= 4 is 5.97 Å². The van der Waals surface area contributed by atoms with Gasteiger partial charge in [-0.2, -0.15) is 0 Å². The van der Waals surface area contributed by atoms with Crippen LogP contribution < -0.4 is 4.74 Å². The Labute approximate surface area is 264 Å². The first-order valence-electron chi connectivity index (χ1n) is 17.0. The van der Waals surface area contributed by atoms with Gasteiger partial charge in [0.15, 0.2) is 11.5 Å². The lowest BCUT2D eigenvalue weighted by atomic mass is 9.31. The molecule has 0 amide bonds. The summed E-state index contributed by atoms with van der Waals surface area (Å²) in [5, 5.41) is 33.8. The zero-order valence-electron chi connectivity index (χ0n) is 28.3. The predicted molar refractivity (Wildman–Crippen MR) is 171 cm³/mol. The van der Waals surface area contributed by atoms with Crippen LogP contribution in [0.2, 0.25) is 0 Å². The number of carbonyl (C=O) groups excluding carboxylic acids is 1. The Balaban J connectivity index is 1.49. The van der Waals surface area contributed by atoms with Crippen LogP contribution in [0.1, 0.15) is 110 Å². The first kappa shape index (κ1) is 31.9. The lowest BCUT2D eigenvalue weighted by molar-refractivity contribution is -0.298. The van der Waals surface area contributed by atoms with E-state index in [2.05, 4.69) is 55.0 Å². The van der Waals surface area contributed by atoms with Gasteiger partial charge in [-0.25, -0.2) is 4.79 Å². The van der Waals surface area contributed by atoms with Crippen molar-refractivity contribution in [1.29, 1.82) is 0 Å². The van der Waals surface area contributed by atoms with Crippen molar-refractivity contribution in [3.05, 3.63) is 35.9 Å². The highest BCUT2D eigenvalue weighted by atomic mass is 16.5. The highest BCUT2D eigenvalue weighted by Crippen LogP contribution is 2.77. The number of fused-ring (bicyclic) bond motifs is 7. The molecule has 6 nitrogen and oxygen atoms in total. The number of ether oxygens (including phenoxy) is 2. The van der Waals surface area contributed by atoms with Crippen LogP contribution in [-0.4, -0.2) is 46.7 Å². The fourth-order valence-corrected chi connectivity index (χ4v) is 12.8. The third-order valence-electron chi connectivity index (χ3n) is 15.1. The number of esters is 1. The molecule has 5 saturated carbocycles. The van der Waals surface area contributed by atoms with Crippen LogP contribution in [0.5, 0.6) is 11.5 Å². The van der Waals surface area contributed by atoms with Gasteiger partial charge >= 0.3 is 5.97 Å². The van der Waals surface area contributed by atoms with E-state index in [0.29, 0.717) is 23.8 Å². The number of aromatic hydroxyl groups is 1. The van der Waals surface area contributed by atoms with Gasteiger partial charge in [-0.3, -0.25) is 0 Å². The second-order valence-corrected chi connectivity index (χ2v) is 17.2. The summed E-state index contributed by atoms with van der Waals surface area (Å²) in [6.45, 7) is 20.6. The van der Waals surface area contributed by atoms with Crippen molar-refractivity contribution in [2.24, 2.45) is 56.7 Å². The van der Waals surface area contributed by atoms with Gasteiger partial charge in [0.25, 0.3) is 0 Å². The lowest BCUT2D eigenvalue weighted by Gasteiger charge is -2.74. The van der Waals surface area contributed by atoms with Crippen LogP contribution in [0.4, 0.5) is 0 Å². The van der Waals surface area contributed by atoms with E-state index in [1.54, 1.807) is 12.1 Å². The molecule has 5 aliphatic carbocycles. The third kappa shape index (κ3) is 4.14. The predicted octanol–water partition coefficient (Wildman–Crippen LogP) is 7.55. The summed E-state index contributed by atoms with van der Waals surface area (Å²) in [5.41, 5.74) is 0.553. The Morgan fingerprint density at radius 3 is 2.34 bits per heavy atom. The van der Waals surface area contributed by atoms with Gasteiger partial charge in [-0.15, -0.1) is 0 Å². The van der Waals surface area contributed by atoms with E-state index < -0.39 is 12.1 Å². The molecule has 0 heterocycles. The standard InChI is InChI=1S/C38H56O6/c1-21(2)23-12-15-35(5)20-30(41)38(8)24(31(23)35)19-27(44-33(42)22-10-11-25(39)26(18-22)43-9)32-36(6)16-14-29(40)34(3,4)28(36)13-17-37(32,38)7/h10-11,18,23-24,27-32,39-41H,1,12-17,19-20H2,2-9H3/t23?,24?,27?,28?,29-,30+,31?,32?,35+,36-,37+,38-/m0/s1. The van der Waals surface area contributed by atoms with Crippen molar-refractivity contribution in [2.75, 3.05) is 7.11 Å². The summed E-state index contributed by atoms with van der Waals surface area (Å²) in [4.78, 5) is 14.0. The van der Waals surface area contributed by atoms with Gasteiger partial charge in [0.2, 0.25) is 0 Å². The number of methoxy groups -OCH3 is 1. The highest BCUT2D eigenvalue weighted by molar-refractivity contribution is 5.90. The number of hydrogen-bond acceptors (Lipinski definition) is 6. The van der Waals surface area contributed by atoms with Gasteiger partial charge in [-0.1, -0.05) is 53.7 Å². The maximum absolute atomic E-state index is 14.0. The molecule has 0 saturated heterocycles. The molecule has 0 bridgehead atoms. The summed E-state index contributed by atoms with van der Waals surface area (Å²) in [6.07, 6.45) is 6.07. The van der Waals surface area contributed by atoms with E-state index in [1.807, 2.05) is 0 Å². The largest absolute Gasteiger partial charge is 0.504 e. The minimum absolute atomic E-state index is 0.0155. The Kier molecular flexibility index (Phi) is 7.42. The van der Waals surface area contributed by atoms with E-state index >= 15 is 0 Å². The fraction of sp³-hybridized carbons (Fsp3) is 0.763. The Morgan fingerprint density at radius 2 is 1.68 bits per heavy atom. The van der Waals surface area contributed by atoms with Gasteiger partial charge in [0, 0.05) is 11.3 Å². The molecule has 6 rings (SSSR count). The zero-order chi connectivity index (χ0) is 32.2. The molecule has 5 fully saturated rings. The van der Waals surface area contributed by atoms with Crippen molar-refractivity contribution in [3.8, 4) is 11.5 Å². The molecular formula is C38H56O6. The van der Waals surface area contributed by atoms with Crippen molar-refractivity contribution in [1.82, 2.24) is 0 Å². The molecule has 6 unspecified atom stereocenters. The molecule has 1 aromatic rings. The highest BCUT2D eigenvalue weighted by Gasteiger charge is 2.75.